The van der Waals surface area contributed by atoms with Gasteiger partial charge in [0.05, 0.1) is 24.2 Å². The zero-order chi connectivity index (χ0) is 21.9. The molecular formula is C25H35N3O3. The Labute approximate surface area is 184 Å². The summed E-state index contributed by atoms with van der Waals surface area (Å²) in [6.45, 7) is 9.56. The van der Waals surface area contributed by atoms with Gasteiger partial charge in [-0.25, -0.2) is 0 Å². The van der Waals surface area contributed by atoms with Gasteiger partial charge < -0.3 is 25.1 Å². The van der Waals surface area contributed by atoms with Crippen LogP contribution in [-0.4, -0.2) is 44.4 Å². The second-order valence-electron chi connectivity index (χ2n) is 7.77. The number of ether oxygens (including phenoxy) is 2. The monoisotopic (exact) mass is 425 g/mol. The van der Waals surface area contributed by atoms with Crippen LogP contribution in [0.15, 0.2) is 41.2 Å². The molecule has 0 aliphatic heterocycles. The lowest BCUT2D eigenvalue weighted by Crippen LogP contribution is -2.18. The molecule has 1 aromatic heterocycles. The molecule has 168 valence electrons. The highest BCUT2D eigenvalue weighted by Crippen LogP contribution is 2.23. The lowest BCUT2D eigenvalue weighted by Gasteiger charge is -2.10. The first-order valence-electron chi connectivity index (χ1n) is 11.5. The summed E-state index contributed by atoms with van der Waals surface area (Å²) in [6, 6.07) is 11.2. The lowest BCUT2D eigenvalue weighted by atomic mass is 10.1. The normalized spacial score (nSPS) is 11.3. The van der Waals surface area contributed by atoms with Crippen molar-refractivity contribution in [2.75, 3.05) is 39.4 Å². The average Bonchev–Trinajstić information content (AvgIpc) is 2.78. The van der Waals surface area contributed by atoms with Crippen LogP contribution in [0.2, 0.25) is 0 Å². The molecule has 1 heterocycles. The van der Waals surface area contributed by atoms with Crippen molar-refractivity contribution >= 4 is 21.8 Å². The number of nitrogens with one attached hydrogen (secondary N) is 3. The highest BCUT2D eigenvalue weighted by molar-refractivity contribution is 5.93. The third kappa shape index (κ3) is 6.71. The van der Waals surface area contributed by atoms with Crippen LogP contribution in [0, 0.1) is 0 Å². The van der Waals surface area contributed by atoms with E-state index in [2.05, 4.69) is 29.5 Å². The molecule has 0 aliphatic rings. The van der Waals surface area contributed by atoms with Gasteiger partial charge in [-0.1, -0.05) is 13.8 Å². The maximum absolute atomic E-state index is 12.9. The summed E-state index contributed by atoms with van der Waals surface area (Å²) in [4.78, 5) is 16.3. The molecule has 31 heavy (non-hydrogen) atoms. The first-order chi connectivity index (χ1) is 15.2. The van der Waals surface area contributed by atoms with Crippen molar-refractivity contribution in [1.82, 2.24) is 15.6 Å². The fourth-order valence-corrected chi connectivity index (χ4v) is 3.50. The van der Waals surface area contributed by atoms with Crippen LogP contribution in [0.4, 0.5) is 0 Å². The van der Waals surface area contributed by atoms with Gasteiger partial charge in [0.1, 0.15) is 11.5 Å². The molecule has 0 saturated carbocycles. The maximum Gasteiger partial charge on any atom is 0.197 e. The first kappa shape index (κ1) is 23.1. The third-order valence-electron chi connectivity index (χ3n) is 5.13. The van der Waals surface area contributed by atoms with E-state index in [1.807, 2.05) is 36.4 Å². The van der Waals surface area contributed by atoms with Gasteiger partial charge in [0.2, 0.25) is 0 Å². The minimum absolute atomic E-state index is 0.0226. The summed E-state index contributed by atoms with van der Waals surface area (Å²) >= 11 is 0. The van der Waals surface area contributed by atoms with E-state index in [-0.39, 0.29) is 5.43 Å². The molecule has 0 radical (unpaired) electrons. The smallest absolute Gasteiger partial charge is 0.197 e. The molecule has 0 unspecified atom stereocenters. The predicted molar refractivity (Wildman–Crippen MR) is 129 cm³/mol. The molecule has 3 rings (SSSR count). The number of pyridine rings is 1. The fourth-order valence-electron chi connectivity index (χ4n) is 3.50. The molecule has 0 atom stereocenters. The average molecular weight is 426 g/mol. The van der Waals surface area contributed by atoms with Crippen molar-refractivity contribution in [2.24, 2.45) is 0 Å². The first-order valence-corrected chi connectivity index (χ1v) is 11.5. The Morgan fingerprint density at radius 3 is 1.68 bits per heavy atom. The van der Waals surface area contributed by atoms with Crippen molar-refractivity contribution < 1.29 is 9.47 Å². The van der Waals surface area contributed by atoms with Gasteiger partial charge in [0.15, 0.2) is 5.43 Å². The van der Waals surface area contributed by atoms with Gasteiger partial charge >= 0.3 is 0 Å². The minimum atomic E-state index is 0.0226. The molecule has 2 aromatic carbocycles. The van der Waals surface area contributed by atoms with E-state index in [4.69, 9.17) is 9.47 Å². The Morgan fingerprint density at radius 1 is 0.742 bits per heavy atom. The maximum atomic E-state index is 12.9. The quantitative estimate of drug-likeness (QED) is 0.266. The van der Waals surface area contributed by atoms with E-state index < -0.39 is 0 Å². The summed E-state index contributed by atoms with van der Waals surface area (Å²) in [7, 11) is 0. The zero-order valence-corrected chi connectivity index (χ0v) is 18.8. The Hall–Kier alpha value is -2.57. The Bertz CT molecular complexity index is 939. The predicted octanol–water partition coefficient (Wildman–Crippen LogP) is 4.22. The largest absolute Gasteiger partial charge is 0.493 e. The summed E-state index contributed by atoms with van der Waals surface area (Å²) in [5.74, 6) is 1.54. The van der Waals surface area contributed by atoms with E-state index in [0.717, 1.165) is 74.4 Å². The van der Waals surface area contributed by atoms with Gasteiger partial charge in [-0.15, -0.1) is 0 Å². The molecule has 0 aliphatic carbocycles. The molecule has 6 heteroatoms. The standard InChI is InChI=1S/C25H35N3O3/c1-3-11-26-13-5-15-30-19-7-9-21-23(17-19)28-24-18-20(8-10-22(24)25(21)29)31-16-6-14-27-12-4-2/h7-10,17-18,26-27H,3-6,11-16H2,1-2H3,(H,28,29). The fraction of sp³-hybridized carbons (Fsp3) is 0.480. The molecule has 3 N–H and O–H groups in total. The lowest BCUT2D eigenvalue weighted by molar-refractivity contribution is 0.308. The van der Waals surface area contributed by atoms with Crippen molar-refractivity contribution in [3.05, 3.63) is 46.6 Å². The Kier molecular flexibility index (Phi) is 9.18. The number of hydrogen-bond donors (Lipinski definition) is 3. The van der Waals surface area contributed by atoms with Gasteiger partial charge in [-0.05, 0) is 76.1 Å². The van der Waals surface area contributed by atoms with Gasteiger partial charge in [0, 0.05) is 22.9 Å². The number of benzene rings is 2. The number of rotatable bonds is 14. The Morgan fingerprint density at radius 2 is 1.23 bits per heavy atom. The Balaban J connectivity index is 1.66. The highest BCUT2D eigenvalue weighted by atomic mass is 16.5. The molecule has 0 fully saturated rings. The molecule has 3 aromatic rings. The van der Waals surface area contributed by atoms with Crippen LogP contribution in [-0.2, 0) is 0 Å². The topological polar surface area (TPSA) is 75.4 Å². The summed E-state index contributed by atoms with van der Waals surface area (Å²) in [5.41, 5.74) is 1.58. The van der Waals surface area contributed by atoms with E-state index in [1.165, 1.54) is 0 Å². The van der Waals surface area contributed by atoms with E-state index in [9.17, 15) is 4.79 Å². The van der Waals surface area contributed by atoms with Crippen molar-refractivity contribution in [1.29, 1.82) is 0 Å². The highest BCUT2D eigenvalue weighted by Gasteiger charge is 2.08. The molecule has 0 amide bonds. The van der Waals surface area contributed by atoms with Gasteiger partial charge in [0.25, 0.3) is 0 Å². The second kappa shape index (κ2) is 12.3. The van der Waals surface area contributed by atoms with E-state index >= 15 is 0 Å². The zero-order valence-electron chi connectivity index (χ0n) is 18.8. The van der Waals surface area contributed by atoms with Crippen molar-refractivity contribution in [3.63, 3.8) is 0 Å². The van der Waals surface area contributed by atoms with Gasteiger partial charge in [-0.3, -0.25) is 4.79 Å². The van der Waals surface area contributed by atoms with E-state index in [0.29, 0.717) is 24.0 Å². The van der Waals surface area contributed by atoms with Crippen LogP contribution in [0.1, 0.15) is 39.5 Å². The van der Waals surface area contributed by atoms with E-state index in [1.54, 1.807) is 0 Å². The van der Waals surface area contributed by atoms with Crippen LogP contribution in [0.25, 0.3) is 21.8 Å². The van der Waals surface area contributed by atoms with Crippen LogP contribution in [0.5, 0.6) is 11.5 Å². The van der Waals surface area contributed by atoms with Crippen LogP contribution < -0.4 is 25.5 Å². The molecule has 0 bridgehead atoms. The minimum Gasteiger partial charge on any atom is -0.493 e. The van der Waals surface area contributed by atoms with Crippen LogP contribution in [0.3, 0.4) is 0 Å². The number of aromatic nitrogens is 1. The van der Waals surface area contributed by atoms with Crippen LogP contribution >= 0.6 is 0 Å². The third-order valence-corrected chi connectivity index (χ3v) is 5.13. The van der Waals surface area contributed by atoms with Gasteiger partial charge in [-0.2, -0.15) is 0 Å². The number of hydrogen-bond acceptors (Lipinski definition) is 5. The van der Waals surface area contributed by atoms with Crippen molar-refractivity contribution in [2.45, 2.75) is 39.5 Å². The number of H-pyrrole nitrogens is 1. The molecular weight excluding hydrogens is 390 g/mol. The number of fused-ring (bicyclic) bond motifs is 2. The summed E-state index contributed by atoms with van der Waals surface area (Å²) < 4.78 is 11.7. The summed E-state index contributed by atoms with van der Waals surface area (Å²) in [5, 5.41) is 8.07. The second-order valence-corrected chi connectivity index (χ2v) is 7.77. The molecule has 0 saturated heterocycles. The summed E-state index contributed by atoms with van der Waals surface area (Å²) in [6.07, 6.45) is 4.16. The number of aromatic amines is 1. The molecule has 6 nitrogen and oxygen atoms in total. The van der Waals surface area contributed by atoms with Crippen molar-refractivity contribution in [3.8, 4) is 11.5 Å². The SMILES string of the molecule is CCCNCCCOc1ccc2c(=O)c3ccc(OCCCNCCC)cc3[nH]c2c1. The molecule has 0 spiro atoms.